The quantitative estimate of drug-likeness (QED) is 0.592. The topological polar surface area (TPSA) is 111 Å². The van der Waals surface area contributed by atoms with Gasteiger partial charge in [-0.3, -0.25) is 10.1 Å². The summed E-state index contributed by atoms with van der Waals surface area (Å²) in [7, 11) is 0. The Morgan fingerprint density at radius 1 is 1.26 bits per heavy atom. The van der Waals surface area contributed by atoms with Crippen molar-refractivity contribution < 1.29 is 19.4 Å². The fourth-order valence-electron chi connectivity index (χ4n) is 4.60. The zero-order chi connectivity index (χ0) is 21.6. The number of ether oxygens (including phenoxy) is 2. The number of aromatic nitrogens is 4. The number of carboxylic acid groups (broad SMARTS) is 1. The third-order valence-electron chi connectivity index (χ3n) is 6.27. The maximum atomic E-state index is 11.7. The SMILES string of the molecule is CCCCn1nnnc1C(NC(CC(=O)O)C1CCCCC1)c1ccc2c(c1)OCO2. The molecule has 0 radical (unpaired) electrons. The lowest BCUT2D eigenvalue weighted by atomic mass is 9.82. The molecule has 0 saturated heterocycles. The Hall–Kier alpha value is -2.68. The molecule has 9 heteroatoms. The van der Waals surface area contributed by atoms with Crippen molar-refractivity contribution in [2.75, 3.05) is 6.79 Å². The smallest absolute Gasteiger partial charge is 0.304 e. The number of nitrogens with one attached hydrogen (secondary N) is 1. The van der Waals surface area contributed by atoms with Crippen LogP contribution in [0.3, 0.4) is 0 Å². The van der Waals surface area contributed by atoms with Crippen LogP contribution in [0, 0.1) is 5.92 Å². The van der Waals surface area contributed by atoms with Crippen molar-refractivity contribution in [3.63, 3.8) is 0 Å². The molecule has 31 heavy (non-hydrogen) atoms. The number of rotatable bonds is 10. The highest BCUT2D eigenvalue weighted by Gasteiger charge is 2.32. The van der Waals surface area contributed by atoms with Crippen molar-refractivity contribution in [3.8, 4) is 11.5 Å². The second kappa shape index (κ2) is 10.1. The molecular weight excluding hydrogens is 398 g/mol. The van der Waals surface area contributed by atoms with Crippen molar-refractivity contribution in [1.29, 1.82) is 0 Å². The van der Waals surface area contributed by atoms with Crippen LogP contribution in [0.1, 0.15) is 75.7 Å². The first kappa shape index (κ1) is 21.5. The molecule has 1 saturated carbocycles. The van der Waals surface area contributed by atoms with Crippen molar-refractivity contribution in [2.45, 2.75) is 76.9 Å². The van der Waals surface area contributed by atoms with Crippen molar-refractivity contribution in [3.05, 3.63) is 29.6 Å². The Balaban J connectivity index is 1.67. The minimum atomic E-state index is -0.793. The van der Waals surface area contributed by atoms with E-state index in [0.29, 0.717) is 29.8 Å². The van der Waals surface area contributed by atoms with E-state index in [4.69, 9.17) is 9.47 Å². The van der Waals surface area contributed by atoms with Crippen LogP contribution in [0.25, 0.3) is 0 Å². The van der Waals surface area contributed by atoms with Crippen LogP contribution in [0.5, 0.6) is 11.5 Å². The summed E-state index contributed by atoms with van der Waals surface area (Å²) in [6.45, 7) is 3.05. The van der Waals surface area contributed by atoms with Gasteiger partial charge in [0, 0.05) is 12.6 Å². The van der Waals surface area contributed by atoms with Gasteiger partial charge in [-0.05, 0) is 53.3 Å². The zero-order valence-corrected chi connectivity index (χ0v) is 18.0. The summed E-state index contributed by atoms with van der Waals surface area (Å²) in [6.07, 6.45) is 7.66. The lowest BCUT2D eigenvalue weighted by Gasteiger charge is -2.33. The van der Waals surface area contributed by atoms with Gasteiger partial charge in [0.25, 0.3) is 0 Å². The number of hydrogen-bond donors (Lipinski definition) is 2. The molecule has 2 N–H and O–H groups in total. The van der Waals surface area contributed by atoms with Gasteiger partial charge in [0.15, 0.2) is 17.3 Å². The number of unbranched alkanes of at least 4 members (excludes halogenated alkanes) is 1. The highest BCUT2D eigenvalue weighted by Crippen LogP contribution is 2.36. The number of tetrazole rings is 1. The Labute approximate surface area is 182 Å². The number of nitrogens with zero attached hydrogens (tertiary/aromatic N) is 4. The van der Waals surface area contributed by atoms with Gasteiger partial charge < -0.3 is 14.6 Å². The second-order valence-corrected chi connectivity index (χ2v) is 8.43. The predicted molar refractivity (Wildman–Crippen MR) is 113 cm³/mol. The lowest BCUT2D eigenvalue weighted by Crippen LogP contribution is -2.42. The number of carbonyl (C=O) groups is 1. The molecule has 1 aromatic carbocycles. The molecule has 168 valence electrons. The van der Waals surface area contributed by atoms with Gasteiger partial charge in [-0.2, -0.15) is 0 Å². The predicted octanol–water partition coefficient (Wildman–Crippen LogP) is 3.30. The molecule has 2 aliphatic rings. The van der Waals surface area contributed by atoms with Gasteiger partial charge in [-0.15, -0.1) is 5.10 Å². The van der Waals surface area contributed by atoms with Gasteiger partial charge in [-0.25, -0.2) is 4.68 Å². The number of fused-ring (bicyclic) bond motifs is 1. The summed E-state index contributed by atoms with van der Waals surface area (Å²) in [4.78, 5) is 11.7. The number of hydrogen-bond acceptors (Lipinski definition) is 7. The number of carboxylic acids is 1. The van der Waals surface area contributed by atoms with Gasteiger partial charge in [0.05, 0.1) is 12.5 Å². The third-order valence-corrected chi connectivity index (χ3v) is 6.27. The average molecular weight is 430 g/mol. The molecule has 0 bridgehead atoms. The molecule has 1 aliphatic heterocycles. The first-order valence-corrected chi connectivity index (χ1v) is 11.3. The summed E-state index contributed by atoms with van der Waals surface area (Å²) in [5.74, 6) is 1.62. The highest BCUT2D eigenvalue weighted by molar-refractivity contribution is 5.67. The molecule has 2 aromatic rings. The van der Waals surface area contributed by atoms with E-state index >= 15 is 0 Å². The molecule has 2 atom stereocenters. The van der Waals surface area contributed by atoms with E-state index in [0.717, 1.165) is 44.1 Å². The van der Waals surface area contributed by atoms with Crippen molar-refractivity contribution >= 4 is 5.97 Å². The van der Waals surface area contributed by atoms with Gasteiger partial charge in [0.2, 0.25) is 6.79 Å². The van der Waals surface area contributed by atoms with E-state index < -0.39 is 5.97 Å². The van der Waals surface area contributed by atoms with Crippen LogP contribution in [0.2, 0.25) is 0 Å². The Bertz CT molecular complexity index is 881. The summed E-state index contributed by atoms with van der Waals surface area (Å²) >= 11 is 0. The van der Waals surface area contributed by atoms with Crippen LogP contribution < -0.4 is 14.8 Å². The lowest BCUT2D eigenvalue weighted by molar-refractivity contribution is -0.138. The second-order valence-electron chi connectivity index (χ2n) is 8.43. The van der Waals surface area contributed by atoms with Crippen molar-refractivity contribution in [2.24, 2.45) is 5.92 Å². The van der Waals surface area contributed by atoms with Crippen LogP contribution in [0.15, 0.2) is 18.2 Å². The van der Waals surface area contributed by atoms with Gasteiger partial charge >= 0.3 is 5.97 Å². The molecule has 0 amide bonds. The summed E-state index contributed by atoms with van der Waals surface area (Å²) in [5, 5.41) is 25.7. The molecule has 9 nitrogen and oxygen atoms in total. The van der Waals surface area contributed by atoms with E-state index in [2.05, 4.69) is 27.8 Å². The number of benzene rings is 1. The molecule has 2 heterocycles. The highest BCUT2D eigenvalue weighted by atomic mass is 16.7. The molecule has 1 aromatic heterocycles. The Kier molecular flexibility index (Phi) is 7.01. The molecular formula is C22H31N5O4. The summed E-state index contributed by atoms with van der Waals surface area (Å²) in [5.41, 5.74) is 0.933. The van der Waals surface area contributed by atoms with E-state index in [1.54, 1.807) is 0 Å². The minimum absolute atomic E-state index is 0.0717. The molecule has 1 aliphatic carbocycles. The average Bonchev–Trinajstić information content (AvgIpc) is 3.44. The van der Waals surface area contributed by atoms with E-state index in [1.165, 1.54) is 6.42 Å². The van der Waals surface area contributed by atoms with Crippen LogP contribution in [0.4, 0.5) is 0 Å². The molecule has 2 unspecified atom stereocenters. The summed E-state index contributed by atoms with van der Waals surface area (Å²) in [6, 6.07) is 5.30. The first-order valence-electron chi connectivity index (χ1n) is 11.3. The summed E-state index contributed by atoms with van der Waals surface area (Å²) < 4.78 is 12.9. The Morgan fingerprint density at radius 3 is 2.84 bits per heavy atom. The molecule has 4 rings (SSSR count). The maximum Gasteiger partial charge on any atom is 0.304 e. The standard InChI is InChI=1S/C22H31N5O4/c1-2-3-11-27-22(24-25-26-27)21(16-9-10-18-19(12-16)31-14-30-18)23-17(13-20(28)29)15-7-5-4-6-8-15/h9-10,12,15,17,21,23H,2-8,11,13-14H2,1H3,(H,28,29). The van der Waals surface area contributed by atoms with E-state index in [1.807, 2.05) is 22.9 Å². The minimum Gasteiger partial charge on any atom is -0.481 e. The largest absolute Gasteiger partial charge is 0.481 e. The van der Waals surface area contributed by atoms with Crippen LogP contribution in [-0.2, 0) is 11.3 Å². The monoisotopic (exact) mass is 429 g/mol. The molecule has 0 spiro atoms. The van der Waals surface area contributed by atoms with Gasteiger partial charge in [-0.1, -0.05) is 38.7 Å². The fraction of sp³-hybridized carbons (Fsp3) is 0.636. The van der Waals surface area contributed by atoms with Crippen LogP contribution >= 0.6 is 0 Å². The third kappa shape index (κ3) is 5.15. The zero-order valence-electron chi connectivity index (χ0n) is 18.0. The number of aryl methyl sites for hydroxylation is 1. The van der Waals surface area contributed by atoms with E-state index in [-0.39, 0.29) is 25.3 Å². The Morgan fingerprint density at radius 2 is 2.06 bits per heavy atom. The number of aliphatic carboxylic acids is 1. The maximum absolute atomic E-state index is 11.7. The van der Waals surface area contributed by atoms with E-state index in [9.17, 15) is 9.90 Å². The van der Waals surface area contributed by atoms with Crippen LogP contribution in [-0.4, -0.2) is 44.1 Å². The fourth-order valence-corrected chi connectivity index (χ4v) is 4.60. The first-order chi connectivity index (χ1) is 15.2. The van der Waals surface area contributed by atoms with Gasteiger partial charge in [0.1, 0.15) is 0 Å². The normalized spacial score (nSPS) is 18.1. The molecule has 1 fully saturated rings. The van der Waals surface area contributed by atoms with Crippen molar-refractivity contribution in [1.82, 2.24) is 25.5 Å².